The minimum absolute atomic E-state index is 0.0283. The number of likely N-dealkylation sites (tertiary alicyclic amines) is 1. The largest absolute Gasteiger partial charge is 0.395 e. The molecule has 1 aliphatic rings. The van der Waals surface area contributed by atoms with E-state index >= 15 is 0 Å². The number of amides is 1. The number of hydrogen-bond acceptors (Lipinski definition) is 3. The molecule has 4 nitrogen and oxygen atoms in total. The number of carbonyl (C=O) groups is 1. The van der Waals surface area contributed by atoms with Crippen LogP contribution in [0.1, 0.15) is 42.1 Å². The van der Waals surface area contributed by atoms with Crippen LogP contribution in [0, 0.1) is 17.8 Å². The zero-order valence-electron chi connectivity index (χ0n) is 11.8. The number of pyridine rings is 1. The molecule has 4 heteroatoms. The first-order valence-corrected chi connectivity index (χ1v) is 7.05. The minimum Gasteiger partial charge on any atom is -0.395 e. The van der Waals surface area contributed by atoms with E-state index in [1.54, 1.807) is 18.5 Å². The van der Waals surface area contributed by atoms with E-state index in [2.05, 4.69) is 23.7 Å². The third-order valence-electron chi connectivity index (χ3n) is 3.58. The lowest BCUT2D eigenvalue weighted by Gasteiger charge is -2.30. The number of carbonyl (C=O) groups excluding carboxylic acids is 1. The summed E-state index contributed by atoms with van der Waals surface area (Å²) in [7, 11) is 0. The van der Waals surface area contributed by atoms with Gasteiger partial charge in [0.15, 0.2) is 0 Å². The van der Waals surface area contributed by atoms with Gasteiger partial charge in [-0.15, -0.1) is 0 Å². The van der Waals surface area contributed by atoms with Crippen molar-refractivity contribution in [3.8, 4) is 11.8 Å². The number of aliphatic hydroxyl groups is 1. The number of rotatable bonds is 2. The van der Waals surface area contributed by atoms with Crippen LogP contribution in [0.5, 0.6) is 0 Å². The average molecular weight is 272 g/mol. The molecule has 0 bridgehead atoms. The molecule has 1 amide bonds. The second-order valence-corrected chi connectivity index (χ2v) is 5.17. The molecule has 1 N–H and O–H groups in total. The fourth-order valence-corrected chi connectivity index (χ4v) is 2.28. The molecule has 0 unspecified atom stereocenters. The molecule has 1 saturated heterocycles. The maximum atomic E-state index is 12.5. The van der Waals surface area contributed by atoms with Crippen molar-refractivity contribution in [2.24, 2.45) is 5.92 Å². The fourth-order valence-electron chi connectivity index (χ4n) is 2.28. The van der Waals surface area contributed by atoms with Crippen LogP contribution in [0.15, 0.2) is 18.5 Å². The van der Waals surface area contributed by atoms with E-state index in [1.807, 2.05) is 4.90 Å². The lowest BCUT2D eigenvalue weighted by Crippen LogP contribution is -2.38. The molecule has 0 saturated carbocycles. The second-order valence-electron chi connectivity index (χ2n) is 5.17. The van der Waals surface area contributed by atoms with Crippen molar-refractivity contribution in [3.63, 3.8) is 0 Å². The predicted octanol–water partition coefficient (Wildman–Crippen LogP) is 1.69. The molecule has 0 aliphatic carbocycles. The first-order valence-electron chi connectivity index (χ1n) is 7.05. The molecule has 0 radical (unpaired) electrons. The Bertz CT molecular complexity index is 523. The maximum Gasteiger partial charge on any atom is 0.255 e. The SMILES string of the molecule is CC1CCN(C(=O)c2ccncc2C#CCCO)CC1. The summed E-state index contributed by atoms with van der Waals surface area (Å²) in [6, 6.07) is 1.73. The van der Waals surface area contributed by atoms with Crippen LogP contribution in [0.25, 0.3) is 0 Å². The first-order chi connectivity index (χ1) is 9.72. The van der Waals surface area contributed by atoms with E-state index in [1.165, 1.54) is 0 Å². The van der Waals surface area contributed by atoms with Crippen LogP contribution in [0.2, 0.25) is 0 Å². The average Bonchev–Trinajstić information content (AvgIpc) is 2.48. The molecule has 1 aromatic rings. The lowest BCUT2D eigenvalue weighted by molar-refractivity contribution is 0.0697. The molecule has 0 spiro atoms. The van der Waals surface area contributed by atoms with Gasteiger partial charge in [0.1, 0.15) is 0 Å². The topological polar surface area (TPSA) is 53.4 Å². The van der Waals surface area contributed by atoms with E-state index in [-0.39, 0.29) is 12.5 Å². The molecule has 106 valence electrons. The summed E-state index contributed by atoms with van der Waals surface area (Å²) in [4.78, 5) is 18.5. The summed E-state index contributed by atoms with van der Waals surface area (Å²) in [6.45, 7) is 3.87. The fraction of sp³-hybridized carbons (Fsp3) is 0.500. The third kappa shape index (κ3) is 3.58. The number of aromatic nitrogens is 1. The van der Waals surface area contributed by atoms with Crippen LogP contribution < -0.4 is 0 Å². The molecule has 0 aromatic carbocycles. The Kier molecular flexibility index (Phi) is 5.14. The van der Waals surface area contributed by atoms with Crippen LogP contribution >= 0.6 is 0 Å². The van der Waals surface area contributed by atoms with Crippen LogP contribution in [0.3, 0.4) is 0 Å². The van der Waals surface area contributed by atoms with Gasteiger partial charge in [-0.05, 0) is 24.8 Å². The molecule has 1 fully saturated rings. The Balaban J connectivity index is 2.16. The highest BCUT2D eigenvalue weighted by molar-refractivity contribution is 5.96. The molecule has 20 heavy (non-hydrogen) atoms. The van der Waals surface area contributed by atoms with Crippen LogP contribution in [-0.4, -0.2) is 40.6 Å². The van der Waals surface area contributed by atoms with E-state index in [4.69, 9.17) is 5.11 Å². The summed E-state index contributed by atoms with van der Waals surface area (Å²) < 4.78 is 0. The van der Waals surface area contributed by atoms with Crippen molar-refractivity contribution in [1.82, 2.24) is 9.88 Å². The van der Waals surface area contributed by atoms with Crippen molar-refractivity contribution >= 4 is 5.91 Å². The van der Waals surface area contributed by atoms with Crippen molar-refractivity contribution in [1.29, 1.82) is 0 Å². The van der Waals surface area contributed by atoms with Gasteiger partial charge >= 0.3 is 0 Å². The normalized spacial score (nSPS) is 15.6. The Hall–Kier alpha value is -1.86. The number of nitrogens with zero attached hydrogens (tertiary/aromatic N) is 2. The van der Waals surface area contributed by atoms with E-state index in [0.29, 0.717) is 23.5 Å². The van der Waals surface area contributed by atoms with E-state index in [0.717, 1.165) is 25.9 Å². The van der Waals surface area contributed by atoms with Crippen molar-refractivity contribution in [2.45, 2.75) is 26.2 Å². The summed E-state index contributed by atoms with van der Waals surface area (Å²) in [5, 5.41) is 8.76. The Labute approximate surface area is 119 Å². The van der Waals surface area contributed by atoms with Crippen molar-refractivity contribution in [2.75, 3.05) is 19.7 Å². The molecular weight excluding hydrogens is 252 g/mol. The molecule has 0 atom stereocenters. The first kappa shape index (κ1) is 14.5. The van der Waals surface area contributed by atoms with Gasteiger partial charge < -0.3 is 10.0 Å². The van der Waals surface area contributed by atoms with Crippen LogP contribution in [-0.2, 0) is 0 Å². The Morgan fingerprint density at radius 1 is 1.50 bits per heavy atom. The van der Waals surface area contributed by atoms with Gasteiger partial charge in [0, 0.05) is 31.9 Å². The lowest BCUT2D eigenvalue weighted by atomic mass is 9.98. The number of hydrogen-bond donors (Lipinski definition) is 1. The van der Waals surface area contributed by atoms with E-state index in [9.17, 15) is 4.79 Å². The Morgan fingerprint density at radius 3 is 2.95 bits per heavy atom. The van der Waals surface area contributed by atoms with Crippen LogP contribution in [0.4, 0.5) is 0 Å². The summed E-state index contributed by atoms with van der Waals surface area (Å²) in [6.07, 6.45) is 5.76. The highest BCUT2D eigenvalue weighted by Gasteiger charge is 2.22. The molecule has 2 rings (SSSR count). The molecule has 1 aromatic heterocycles. The van der Waals surface area contributed by atoms with Gasteiger partial charge in [-0.2, -0.15) is 0 Å². The standard InChI is InChI=1S/C16H20N2O2/c1-13-6-9-18(10-7-13)16(20)15-5-8-17-12-14(15)4-2-3-11-19/h5,8,12-13,19H,3,6-7,9-11H2,1H3. The van der Waals surface area contributed by atoms with Gasteiger partial charge in [0.25, 0.3) is 5.91 Å². The van der Waals surface area contributed by atoms with E-state index < -0.39 is 0 Å². The monoisotopic (exact) mass is 272 g/mol. The van der Waals surface area contributed by atoms with Gasteiger partial charge in [0.05, 0.1) is 17.7 Å². The molecule has 2 heterocycles. The van der Waals surface area contributed by atoms with Gasteiger partial charge in [-0.3, -0.25) is 9.78 Å². The quantitative estimate of drug-likeness (QED) is 0.834. The summed E-state index contributed by atoms with van der Waals surface area (Å²) in [5.41, 5.74) is 1.25. The maximum absolute atomic E-state index is 12.5. The van der Waals surface area contributed by atoms with Gasteiger partial charge in [0.2, 0.25) is 0 Å². The molecule has 1 aliphatic heterocycles. The Morgan fingerprint density at radius 2 is 2.25 bits per heavy atom. The summed E-state index contributed by atoms with van der Waals surface area (Å²) >= 11 is 0. The second kappa shape index (κ2) is 7.06. The highest BCUT2D eigenvalue weighted by atomic mass is 16.2. The zero-order chi connectivity index (χ0) is 14.4. The summed E-state index contributed by atoms with van der Waals surface area (Å²) in [5.74, 6) is 6.50. The highest BCUT2D eigenvalue weighted by Crippen LogP contribution is 2.19. The predicted molar refractivity (Wildman–Crippen MR) is 77.1 cm³/mol. The zero-order valence-corrected chi connectivity index (χ0v) is 11.8. The minimum atomic E-state index is 0.0283. The number of piperidine rings is 1. The van der Waals surface area contributed by atoms with Gasteiger partial charge in [-0.1, -0.05) is 18.8 Å². The van der Waals surface area contributed by atoms with Gasteiger partial charge in [-0.25, -0.2) is 0 Å². The third-order valence-corrected chi connectivity index (χ3v) is 3.58. The molecular formula is C16H20N2O2. The number of aliphatic hydroxyl groups excluding tert-OH is 1. The smallest absolute Gasteiger partial charge is 0.255 e. The van der Waals surface area contributed by atoms with Crippen molar-refractivity contribution < 1.29 is 9.90 Å². The van der Waals surface area contributed by atoms with Crippen molar-refractivity contribution in [3.05, 3.63) is 29.6 Å².